The minimum absolute atomic E-state index is 0.0557. The number of hydrogen-bond donors (Lipinski definition) is 2. The Balaban J connectivity index is 0. The van der Waals surface area contributed by atoms with Crippen LogP contribution < -0.4 is 11.1 Å². The van der Waals surface area contributed by atoms with Crippen molar-refractivity contribution in [2.24, 2.45) is 0 Å². The molecule has 562 valence electrons. The number of nitrogens with one attached hydrogen (secondary N) is 1. The molecule has 0 aliphatic carbocycles. The van der Waals surface area contributed by atoms with Crippen molar-refractivity contribution >= 4 is 621 Å². The van der Waals surface area contributed by atoms with Crippen LogP contribution in [0.15, 0.2) is 42.6 Å². The molecule has 1 aromatic heterocycles. The fourth-order valence-electron chi connectivity index (χ4n) is 3.28. The van der Waals surface area contributed by atoms with E-state index >= 15 is 0 Å². The lowest BCUT2D eigenvalue weighted by Gasteiger charge is -2.05. The number of nitrogens with two attached hydrogens (primary N) is 1. The molecular weight excluding hydrogens is 2500 g/mol. The second kappa shape index (κ2) is 99.4. The first kappa shape index (κ1) is 110. The molecule has 1 amide bonds. The van der Waals surface area contributed by atoms with Crippen molar-refractivity contribution in [3.05, 3.63) is 53.9 Å². The number of amides is 1. The van der Waals surface area contributed by atoms with Gasteiger partial charge in [0.05, 0.1) is 0 Å². The summed E-state index contributed by atoms with van der Waals surface area (Å²) in [6.07, 6.45) is 8.45. The Kier molecular flexibility index (Phi) is 114. The van der Waals surface area contributed by atoms with E-state index in [1.165, 1.54) is 23.3 Å². The number of hydrogen-bond acceptors (Lipinski definition) is 6. The molecule has 1 heterocycles. The molecule has 0 aliphatic heterocycles. The highest BCUT2D eigenvalue weighted by atomic mass is 35.5. The van der Waals surface area contributed by atoms with Crippen molar-refractivity contribution in [1.29, 1.82) is 0 Å². The summed E-state index contributed by atoms with van der Waals surface area (Å²) in [4.78, 5) is 25.7. The van der Waals surface area contributed by atoms with Crippen LogP contribution in [0.25, 0.3) is 0 Å². The lowest BCUT2D eigenvalue weighted by molar-refractivity contribution is -0.116. The van der Waals surface area contributed by atoms with Crippen LogP contribution in [0.4, 0.5) is 11.4 Å². The summed E-state index contributed by atoms with van der Waals surface area (Å²) in [5.74, 6) is 1.40. The number of alkyl halides is 2. The van der Waals surface area contributed by atoms with Gasteiger partial charge in [-0.3, -0.25) is 14.6 Å². The van der Waals surface area contributed by atoms with Crippen LogP contribution in [-0.4, -0.2) is 27.9 Å². The molecule has 0 atom stereocenters. The average molecular weight is 2540 g/mol. The molecule has 0 bridgehead atoms. The molecule has 5 nitrogen and oxygen atoms in total. The first-order chi connectivity index (χ1) is 47.2. The summed E-state index contributed by atoms with van der Waals surface area (Å²) >= 11 is 25.7. The number of halogens is 3. The van der Waals surface area contributed by atoms with Crippen LogP contribution in [0.3, 0.4) is 0 Å². The van der Waals surface area contributed by atoms with Gasteiger partial charge in [0, 0.05) is 612 Å². The number of benzene rings is 1. The first-order valence-corrected chi connectivity index (χ1v) is 106. The minimum Gasteiger partial charge on any atom is -0.399 e. The highest BCUT2D eigenvalue weighted by Crippen LogP contribution is 2.09. The fourth-order valence-corrected chi connectivity index (χ4v) is 166. The first-order valence-electron chi connectivity index (χ1n) is 21.5. The standard InChI is InChI=1S/C12H17ClN2O.C7H9N.C6H10Cl2O.S63/c1-10-9-11(6-8-14-10)15-12(16)5-3-2-4-7-13;1-6-3-2-4-7(8)5-6;7-5-3-1-2-4-6(8)9;1-3-5-7-9-11-13-15-17-19-21-23-25-27-29-31-33-35-37-39-41-43-45-47-49-51-53-55-57-59-61-63-62-60-58-56-54-52-50-48-46-44-42-40-38-36-34-32-30-28-26-24-22-20-18-16-14-12-10-8-6-4-2/h6,8-9H,2-5,7H2,1H3,(H,14,15,16);2-5H,8H2,1H3;1-5H2;. The highest BCUT2D eigenvalue weighted by molar-refractivity contribution is 8.83. The van der Waals surface area contributed by atoms with Crippen LogP contribution in [0.2, 0.25) is 0 Å². The predicted molar refractivity (Wildman–Crippen MR) is 606 cm³/mol. The third-order valence-electron chi connectivity index (χ3n) is 5.93. The molecule has 0 fully saturated rings. The van der Waals surface area contributed by atoms with E-state index in [1.54, 1.807) is 119 Å². The molecule has 0 saturated heterocycles. The van der Waals surface area contributed by atoms with Crippen molar-refractivity contribution < 1.29 is 9.59 Å². The van der Waals surface area contributed by atoms with Gasteiger partial charge >= 0.3 is 0 Å². The topological polar surface area (TPSA) is 85.1 Å². The zero-order valence-corrected chi connectivity index (χ0v) is 99.0. The van der Waals surface area contributed by atoms with Crippen molar-refractivity contribution in [2.75, 3.05) is 22.8 Å². The van der Waals surface area contributed by atoms with E-state index in [9.17, 15) is 9.59 Å². The molecule has 96 heavy (non-hydrogen) atoms. The number of carbonyl (C=O) groups is 2. The summed E-state index contributed by atoms with van der Waals surface area (Å²) in [6.45, 7) is 3.92. The zero-order valence-electron chi connectivity index (χ0n) is 45.3. The van der Waals surface area contributed by atoms with Crippen LogP contribution >= 0.6 is 34.8 Å². The van der Waals surface area contributed by atoms with E-state index < -0.39 is 0 Å². The maximum atomic E-state index is 11.5. The normalized spacial score (nSPS) is 8.47. The van der Waals surface area contributed by atoms with Crippen molar-refractivity contribution in [3.8, 4) is 0 Å². The molecule has 71 heteroatoms. The lowest BCUT2D eigenvalue weighted by Crippen LogP contribution is -2.11. The van der Waals surface area contributed by atoms with Gasteiger partial charge in [-0.15, -0.1) is 23.2 Å². The molecule has 0 saturated carbocycles. The summed E-state index contributed by atoms with van der Waals surface area (Å²) in [7, 11) is 110. The van der Waals surface area contributed by atoms with Crippen LogP contribution in [-0.2, 0) is 574 Å². The SMILES string of the molecule is Cc1cc(NC(=O)CCCCCCl)ccn1.Cc1cccc(N)c1.O=C(Cl)CCCCCCl.S=S=S=S=S=S=S=S=S=S=S=S=S=S=S=S=S=S=S=S=S=S=S=S=S=S=S=S=S=S=S=S=S=S=S=S=S=S=S=S=S=S=S=S=S=S=S=S=S=S=S=S=S=S=S=S=S=S=S=S=S=S=S. The number of aryl methyl sites for hydroxylation is 2. The number of nitrogens with zero attached hydrogens (tertiary/aromatic N) is 1. The monoisotopic (exact) mass is 2530 g/mol. The van der Waals surface area contributed by atoms with Gasteiger partial charge in [0.2, 0.25) is 11.1 Å². The van der Waals surface area contributed by atoms with Gasteiger partial charge in [-0.1, -0.05) is 25.0 Å². The molecule has 2 rings (SSSR count). The number of carbonyl (C=O) groups excluding carboxylic acids is 2. The summed E-state index contributed by atoms with van der Waals surface area (Å²) in [5.41, 5.74) is 9.23. The smallest absolute Gasteiger partial charge is 0.224 e. The predicted octanol–water partition coefficient (Wildman–Crippen LogP) is 7.10. The molecule has 0 unspecified atom stereocenters. The number of anilines is 2. The number of pyridine rings is 1. The number of aromatic nitrogens is 1. The van der Waals surface area contributed by atoms with Crippen molar-refractivity contribution in [3.63, 3.8) is 0 Å². The van der Waals surface area contributed by atoms with Crippen molar-refractivity contribution in [2.45, 2.75) is 65.2 Å². The largest absolute Gasteiger partial charge is 0.399 e. The Hall–Kier alpha value is 12.0. The second-order valence-electron chi connectivity index (χ2n) is 11.7. The average Bonchev–Trinajstić information content (AvgIpc) is 1.74. The summed E-state index contributed by atoms with van der Waals surface area (Å²) in [6, 6.07) is 11.5. The van der Waals surface area contributed by atoms with E-state index in [4.69, 9.17) is 62.9 Å². The quantitative estimate of drug-likeness (QED) is 0.108. The molecule has 3 N–H and O–H groups in total. The van der Waals surface area contributed by atoms with Gasteiger partial charge in [-0.05, 0) is 81.0 Å². The van der Waals surface area contributed by atoms with Gasteiger partial charge in [0.15, 0.2) is 0 Å². The second-order valence-corrected chi connectivity index (χ2v) is 121. The van der Waals surface area contributed by atoms with E-state index in [0.717, 1.165) is 55.6 Å². The third-order valence-corrected chi connectivity index (χ3v) is 140. The molecular formula is C25H36Cl3N3O2S63. The van der Waals surface area contributed by atoms with Gasteiger partial charge < -0.3 is 11.1 Å². The Morgan fingerprint density at radius 3 is 0.812 bits per heavy atom. The fraction of sp³-hybridized carbons (Fsp3) is 0.480. The Labute approximate surface area is 758 Å². The van der Waals surface area contributed by atoms with Gasteiger partial charge in [-0.25, -0.2) is 0 Å². The summed E-state index contributed by atoms with van der Waals surface area (Å²) < 4.78 is 0. The van der Waals surface area contributed by atoms with Gasteiger partial charge in [-0.2, -0.15) is 0 Å². The van der Waals surface area contributed by atoms with E-state index in [0.29, 0.717) is 24.6 Å². The molecule has 0 aliphatic rings. The Morgan fingerprint density at radius 1 is 0.365 bits per heavy atom. The van der Waals surface area contributed by atoms with Gasteiger partial charge in [0.1, 0.15) is 0 Å². The Morgan fingerprint density at radius 2 is 0.615 bits per heavy atom. The van der Waals surface area contributed by atoms with Crippen molar-refractivity contribution in [1.82, 2.24) is 4.98 Å². The minimum atomic E-state index is -0.246. The van der Waals surface area contributed by atoms with Crippen LogP contribution in [0.1, 0.15) is 62.6 Å². The van der Waals surface area contributed by atoms with E-state index in [-0.39, 0.29) is 11.1 Å². The van der Waals surface area contributed by atoms with Crippen LogP contribution in [0.5, 0.6) is 0 Å². The number of rotatable bonds is 11. The van der Waals surface area contributed by atoms with Gasteiger partial charge in [0.25, 0.3) is 0 Å². The maximum absolute atomic E-state index is 11.5. The van der Waals surface area contributed by atoms with E-state index in [2.05, 4.69) is 10.3 Å². The zero-order chi connectivity index (χ0) is 70.0. The highest BCUT2D eigenvalue weighted by Gasteiger charge is 2.02. The van der Waals surface area contributed by atoms with E-state index in [1.807, 2.05) is 462 Å². The summed E-state index contributed by atoms with van der Waals surface area (Å²) in [5, 5.41) is 2.60. The maximum Gasteiger partial charge on any atom is 0.224 e. The Bertz CT molecular complexity index is 5640. The molecule has 0 radical (unpaired) electrons. The number of nitrogen functional groups attached to an aromatic ring is 1. The lowest BCUT2D eigenvalue weighted by atomic mass is 10.2. The van der Waals surface area contributed by atoms with Crippen LogP contribution in [0, 0.1) is 13.8 Å². The number of unbranched alkanes of at least 4 members (excludes halogenated alkanes) is 4. The third kappa shape index (κ3) is 100. The molecule has 2 aromatic rings. The molecule has 0 spiro atoms. The molecule has 1 aromatic carbocycles.